The summed E-state index contributed by atoms with van der Waals surface area (Å²) in [5.41, 5.74) is 3.66. The van der Waals surface area contributed by atoms with Crippen molar-refractivity contribution in [3.8, 4) is 0 Å². The molecule has 2 heterocycles. The van der Waals surface area contributed by atoms with Crippen LogP contribution in [0, 0.1) is 11.6 Å². The molecule has 27 heavy (non-hydrogen) atoms. The standard InChI is InChI=1S/C21H17F2N3O/c22-16-5-7-19(18(23)11-16)25-21(27)20-8-6-17(12-24-20)26-10-9-14-3-1-2-4-15(14)13-26/h1-8,11-12H,9-10,13H2,(H,25,27). The predicted molar refractivity (Wildman–Crippen MR) is 99.7 cm³/mol. The summed E-state index contributed by atoms with van der Waals surface area (Å²) in [4.78, 5) is 18.7. The van der Waals surface area contributed by atoms with E-state index in [0.29, 0.717) is 0 Å². The van der Waals surface area contributed by atoms with Crippen LogP contribution in [0.25, 0.3) is 0 Å². The van der Waals surface area contributed by atoms with E-state index in [1.165, 1.54) is 17.2 Å². The molecule has 4 nitrogen and oxygen atoms in total. The van der Waals surface area contributed by atoms with Crippen molar-refractivity contribution in [2.24, 2.45) is 0 Å². The van der Waals surface area contributed by atoms with E-state index in [2.05, 4.69) is 27.3 Å². The van der Waals surface area contributed by atoms with Crippen molar-refractivity contribution in [2.45, 2.75) is 13.0 Å². The minimum absolute atomic E-state index is 0.0834. The molecule has 1 amide bonds. The van der Waals surface area contributed by atoms with E-state index in [-0.39, 0.29) is 11.4 Å². The molecule has 0 spiro atoms. The van der Waals surface area contributed by atoms with Crippen molar-refractivity contribution in [2.75, 3.05) is 16.8 Å². The first-order chi connectivity index (χ1) is 13.1. The summed E-state index contributed by atoms with van der Waals surface area (Å²) < 4.78 is 26.6. The SMILES string of the molecule is O=C(Nc1ccc(F)cc1F)c1ccc(N2CCc3ccccc3C2)cn1. The third-order valence-corrected chi connectivity index (χ3v) is 4.66. The molecule has 0 unspecified atom stereocenters. The lowest BCUT2D eigenvalue weighted by Crippen LogP contribution is -2.30. The number of aromatic nitrogens is 1. The van der Waals surface area contributed by atoms with E-state index < -0.39 is 17.5 Å². The second-order valence-electron chi connectivity index (χ2n) is 6.42. The molecule has 0 atom stereocenters. The summed E-state index contributed by atoms with van der Waals surface area (Å²) in [6.45, 7) is 1.68. The van der Waals surface area contributed by atoms with Crippen LogP contribution in [0.3, 0.4) is 0 Å². The molecular weight excluding hydrogens is 348 g/mol. The lowest BCUT2D eigenvalue weighted by atomic mass is 10.00. The maximum Gasteiger partial charge on any atom is 0.274 e. The van der Waals surface area contributed by atoms with E-state index in [1.807, 2.05) is 18.2 Å². The molecule has 3 aromatic rings. The second kappa shape index (κ2) is 7.15. The largest absolute Gasteiger partial charge is 0.366 e. The number of carbonyl (C=O) groups excluding carboxylic acids is 1. The average molecular weight is 365 g/mol. The molecule has 1 aliphatic rings. The Morgan fingerprint density at radius 1 is 1.04 bits per heavy atom. The number of hydrogen-bond donors (Lipinski definition) is 1. The molecule has 136 valence electrons. The lowest BCUT2D eigenvalue weighted by Gasteiger charge is -2.30. The van der Waals surface area contributed by atoms with Crippen LogP contribution in [-0.2, 0) is 13.0 Å². The number of fused-ring (bicyclic) bond motifs is 1. The number of halogens is 2. The molecule has 0 radical (unpaired) electrons. The maximum absolute atomic E-state index is 13.7. The van der Waals surface area contributed by atoms with Crippen LogP contribution < -0.4 is 10.2 Å². The van der Waals surface area contributed by atoms with Crippen LogP contribution in [-0.4, -0.2) is 17.4 Å². The summed E-state index contributed by atoms with van der Waals surface area (Å²) in [6, 6.07) is 14.8. The monoisotopic (exact) mass is 365 g/mol. The van der Waals surface area contributed by atoms with Crippen LogP contribution in [0.15, 0.2) is 60.8 Å². The average Bonchev–Trinajstić information content (AvgIpc) is 2.70. The van der Waals surface area contributed by atoms with Gasteiger partial charge in [0, 0.05) is 19.2 Å². The Bertz CT molecular complexity index is 989. The first-order valence-electron chi connectivity index (χ1n) is 8.64. The van der Waals surface area contributed by atoms with E-state index >= 15 is 0 Å². The highest BCUT2D eigenvalue weighted by molar-refractivity contribution is 6.03. The smallest absolute Gasteiger partial charge is 0.274 e. The van der Waals surface area contributed by atoms with Gasteiger partial charge in [0.2, 0.25) is 0 Å². The van der Waals surface area contributed by atoms with Gasteiger partial charge in [-0.3, -0.25) is 4.79 Å². The molecule has 2 aromatic carbocycles. The first-order valence-corrected chi connectivity index (χ1v) is 8.64. The molecule has 4 rings (SSSR count). The fourth-order valence-corrected chi connectivity index (χ4v) is 3.20. The number of nitrogens with zero attached hydrogens (tertiary/aromatic N) is 2. The fraction of sp³-hybridized carbons (Fsp3) is 0.143. The summed E-state index contributed by atoms with van der Waals surface area (Å²) in [6.07, 6.45) is 2.60. The van der Waals surface area contributed by atoms with Crippen LogP contribution in [0.2, 0.25) is 0 Å². The second-order valence-corrected chi connectivity index (χ2v) is 6.42. The number of carbonyl (C=O) groups is 1. The molecule has 1 N–H and O–H groups in total. The molecule has 1 aliphatic heterocycles. The van der Waals surface area contributed by atoms with Gasteiger partial charge >= 0.3 is 0 Å². The molecule has 1 aromatic heterocycles. The summed E-state index contributed by atoms with van der Waals surface area (Å²) in [5, 5.41) is 2.41. The van der Waals surface area contributed by atoms with Crippen molar-refractivity contribution in [1.29, 1.82) is 0 Å². The van der Waals surface area contributed by atoms with Gasteiger partial charge in [0.25, 0.3) is 5.91 Å². The predicted octanol–water partition coefficient (Wildman–Crippen LogP) is 4.17. The molecule has 0 saturated heterocycles. The number of amides is 1. The van der Waals surface area contributed by atoms with Crippen LogP contribution in [0.4, 0.5) is 20.2 Å². The number of hydrogen-bond acceptors (Lipinski definition) is 3. The quantitative estimate of drug-likeness (QED) is 0.758. The topological polar surface area (TPSA) is 45.2 Å². The Morgan fingerprint density at radius 3 is 2.59 bits per heavy atom. The Kier molecular flexibility index (Phi) is 4.54. The number of benzene rings is 2. The zero-order chi connectivity index (χ0) is 18.8. The van der Waals surface area contributed by atoms with Gasteiger partial charge in [-0.1, -0.05) is 24.3 Å². The minimum atomic E-state index is -0.827. The maximum atomic E-state index is 13.7. The third-order valence-electron chi connectivity index (χ3n) is 4.66. The first kappa shape index (κ1) is 17.1. The highest BCUT2D eigenvalue weighted by atomic mass is 19.1. The van der Waals surface area contributed by atoms with Crippen molar-refractivity contribution in [3.63, 3.8) is 0 Å². The number of pyridine rings is 1. The Hall–Kier alpha value is -3.28. The van der Waals surface area contributed by atoms with Gasteiger partial charge < -0.3 is 10.2 Å². The van der Waals surface area contributed by atoms with Gasteiger partial charge in [-0.05, 0) is 41.8 Å². The fourth-order valence-electron chi connectivity index (χ4n) is 3.20. The zero-order valence-electron chi connectivity index (χ0n) is 14.5. The molecule has 0 saturated carbocycles. The van der Waals surface area contributed by atoms with Crippen LogP contribution in [0.1, 0.15) is 21.6 Å². The lowest BCUT2D eigenvalue weighted by molar-refractivity contribution is 0.102. The molecule has 0 aliphatic carbocycles. The van der Waals surface area contributed by atoms with Gasteiger partial charge in [-0.2, -0.15) is 0 Å². The number of anilines is 2. The van der Waals surface area contributed by atoms with Crippen LogP contribution in [0.5, 0.6) is 0 Å². The van der Waals surface area contributed by atoms with Gasteiger partial charge in [-0.15, -0.1) is 0 Å². The van der Waals surface area contributed by atoms with E-state index in [9.17, 15) is 13.6 Å². The highest BCUT2D eigenvalue weighted by Gasteiger charge is 2.17. The molecular formula is C21H17F2N3O. The number of rotatable bonds is 3. The van der Waals surface area contributed by atoms with E-state index in [0.717, 1.165) is 37.3 Å². The van der Waals surface area contributed by atoms with E-state index in [4.69, 9.17) is 0 Å². The normalized spacial score (nSPS) is 13.2. The number of nitrogens with one attached hydrogen (secondary N) is 1. The van der Waals surface area contributed by atoms with Crippen molar-refractivity contribution >= 4 is 17.3 Å². The summed E-state index contributed by atoms with van der Waals surface area (Å²) in [7, 11) is 0. The Morgan fingerprint density at radius 2 is 1.85 bits per heavy atom. The van der Waals surface area contributed by atoms with E-state index in [1.54, 1.807) is 12.3 Å². The molecule has 6 heteroatoms. The third kappa shape index (κ3) is 3.65. The van der Waals surface area contributed by atoms with Crippen LogP contribution >= 0.6 is 0 Å². The van der Waals surface area contributed by atoms with Crippen molar-refractivity contribution in [1.82, 2.24) is 4.98 Å². The zero-order valence-corrected chi connectivity index (χ0v) is 14.5. The molecule has 0 fully saturated rings. The Balaban J connectivity index is 1.47. The van der Waals surface area contributed by atoms with Crippen molar-refractivity contribution in [3.05, 3.63) is 89.2 Å². The molecule has 0 bridgehead atoms. The van der Waals surface area contributed by atoms with Crippen molar-refractivity contribution < 1.29 is 13.6 Å². The summed E-state index contributed by atoms with van der Waals surface area (Å²) >= 11 is 0. The minimum Gasteiger partial charge on any atom is -0.366 e. The van der Waals surface area contributed by atoms with Gasteiger partial charge in [0.15, 0.2) is 0 Å². The van der Waals surface area contributed by atoms with Gasteiger partial charge in [0.1, 0.15) is 17.3 Å². The highest BCUT2D eigenvalue weighted by Crippen LogP contribution is 2.24. The Labute approximate surface area is 155 Å². The van der Waals surface area contributed by atoms with Gasteiger partial charge in [-0.25, -0.2) is 13.8 Å². The summed E-state index contributed by atoms with van der Waals surface area (Å²) in [5.74, 6) is -2.07. The van der Waals surface area contributed by atoms with Gasteiger partial charge in [0.05, 0.1) is 17.6 Å².